The molecule has 0 heterocycles. The summed E-state index contributed by atoms with van der Waals surface area (Å²) in [5.74, 6) is 4.35. The monoisotopic (exact) mass is 262 g/mol. The van der Waals surface area contributed by atoms with Crippen molar-refractivity contribution in [3.05, 3.63) is 35.4 Å². The maximum Gasteiger partial charge on any atom is 0.246 e. The zero-order chi connectivity index (χ0) is 14.4. The topological polar surface area (TPSA) is 102 Å². The second kappa shape index (κ2) is 6.65. The van der Waals surface area contributed by atoms with E-state index in [1.165, 1.54) is 20.2 Å². The average Bonchev–Trinajstić information content (AvgIpc) is 2.37. The highest BCUT2D eigenvalue weighted by Gasteiger charge is 2.20. The van der Waals surface area contributed by atoms with Crippen LogP contribution in [0.15, 0.2) is 29.4 Å². The van der Waals surface area contributed by atoms with Gasteiger partial charge in [0.15, 0.2) is 0 Å². The molecule has 1 aromatic carbocycles. The fourth-order valence-corrected chi connectivity index (χ4v) is 1.63. The predicted octanol–water partition coefficient (Wildman–Crippen LogP) is -0.146. The molecule has 0 saturated heterocycles. The van der Waals surface area contributed by atoms with Crippen molar-refractivity contribution in [2.45, 2.75) is 19.4 Å². The Kier molecular flexibility index (Phi) is 5.20. The standard InChI is InChI=1S/C13H18N4O2/c1-9(18)17(2)13(19)12(14)7-10-4-3-5-11(6-10)8-16-15/h3-6,8,12H,7,14-15H2,1-2H3/t12-/m0/s1. The second-order valence-corrected chi connectivity index (χ2v) is 4.25. The first-order valence-electron chi connectivity index (χ1n) is 5.81. The Balaban J connectivity index is 2.76. The van der Waals surface area contributed by atoms with Crippen LogP contribution in [-0.2, 0) is 16.0 Å². The number of benzene rings is 1. The van der Waals surface area contributed by atoms with Gasteiger partial charge in [-0.1, -0.05) is 24.3 Å². The second-order valence-electron chi connectivity index (χ2n) is 4.25. The first-order chi connectivity index (χ1) is 8.95. The van der Waals surface area contributed by atoms with Crippen LogP contribution >= 0.6 is 0 Å². The van der Waals surface area contributed by atoms with Crippen molar-refractivity contribution in [2.24, 2.45) is 16.7 Å². The number of rotatable bonds is 4. The third-order valence-corrected chi connectivity index (χ3v) is 2.75. The van der Waals surface area contributed by atoms with E-state index in [-0.39, 0.29) is 5.91 Å². The Morgan fingerprint density at radius 1 is 1.47 bits per heavy atom. The summed E-state index contributed by atoms with van der Waals surface area (Å²) in [6.07, 6.45) is 1.86. The van der Waals surface area contributed by atoms with Crippen LogP contribution in [0.1, 0.15) is 18.1 Å². The summed E-state index contributed by atoms with van der Waals surface area (Å²) in [4.78, 5) is 24.0. The number of nitrogens with zero attached hydrogens (tertiary/aromatic N) is 2. The molecule has 0 saturated carbocycles. The molecule has 0 aliphatic rings. The van der Waals surface area contributed by atoms with Crippen molar-refractivity contribution in [3.8, 4) is 0 Å². The molecule has 19 heavy (non-hydrogen) atoms. The molecule has 0 aliphatic carbocycles. The van der Waals surface area contributed by atoms with E-state index in [4.69, 9.17) is 11.6 Å². The summed E-state index contributed by atoms with van der Waals surface area (Å²) in [5, 5.41) is 3.44. The maximum absolute atomic E-state index is 11.8. The van der Waals surface area contributed by atoms with Crippen molar-refractivity contribution < 1.29 is 9.59 Å². The smallest absolute Gasteiger partial charge is 0.246 e. The van der Waals surface area contributed by atoms with Crippen molar-refractivity contribution in [2.75, 3.05) is 7.05 Å². The molecule has 0 aliphatic heterocycles. The zero-order valence-corrected chi connectivity index (χ0v) is 11.0. The van der Waals surface area contributed by atoms with Gasteiger partial charge in [-0.15, -0.1) is 0 Å². The largest absolute Gasteiger partial charge is 0.323 e. The van der Waals surface area contributed by atoms with Gasteiger partial charge in [0.05, 0.1) is 12.3 Å². The summed E-state index contributed by atoms with van der Waals surface area (Å²) in [5.41, 5.74) is 7.53. The first-order valence-corrected chi connectivity index (χ1v) is 5.81. The highest BCUT2D eigenvalue weighted by atomic mass is 16.2. The van der Waals surface area contributed by atoms with Crippen LogP contribution in [0.4, 0.5) is 0 Å². The molecular formula is C13H18N4O2. The number of amides is 2. The molecule has 2 amide bonds. The highest BCUT2D eigenvalue weighted by Crippen LogP contribution is 2.07. The Bertz CT molecular complexity index is 499. The first kappa shape index (κ1) is 14.8. The van der Waals surface area contributed by atoms with Gasteiger partial charge in [0.2, 0.25) is 11.8 Å². The lowest BCUT2D eigenvalue weighted by molar-refractivity contribution is -0.142. The summed E-state index contributed by atoms with van der Waals surface area (Å²) >= 11 is 0. The molecule has 6 heteroatoms. The minimum absolute atomic E-state index is 0.329. The molecule has 0 radical (unpaired) electrons. The van der Waals surface area contributed by atoms with Gasteiger partial charge in [0.25, 0.3) is 0 Å². The lowest BCUT2D eigenvalue weighted by Gasteiger charge is -2.18. The number of hydrogen-bond acceptors (Lipinski definition) is 5. The van der Waals surface area contributed by atoms with Gasteiger partial charge in [-0.3, -0.25) is 14.5 Å². The van der Waals surface area contributed by atoms with E-state index in [0.717, 1.165) is 16.0 Å². The SMILES string of the molecule is CC(=O)N(C)C(=O)[C@@H](N)Cc1cccc(C=NN)c1. The number of nitrogens with two attached hydrogens (primary N) is 2. The maximum atomic E-state index is 11.8. The quantitative estimate of drug-likeness (QED) is 0.447. The van der Waals surface area contributed by atoms with Crippen LogP contribution in [0.25, 0.3) is 0 Å². The summed E-state index contributed by atoms with van der Waals surface area (Å²) in [7, 11) is 1.42. The fraction of sp³-hybridized carbons (Fsp3) is 0.308. The van der Waals surface area contributed by atoms with Crippen LogP contribution < -0.4 is 11.6 Å². The Hall–Kier alpha value is -2.21. The Morgan fingerprint density at radius 2 is 2.16 bits per heavy atom. The van der Waals surface area contributed by atoms with Gasteiger partial charge in [-0.05, 0) is 17.5 Å². The Labute approximate surface area is 112 Å². The lowest BCUT2D eigenvalue weighted by Crippen LogP contribution is -2.44. The molecule has 1 atom stereocenters. The van der Waals surface area contributed by atoms with Crippen LogP contribution in [0, 0.1) is 0 Å². The van der Waals surface area contributed by atoms with Gasteiger partial charge < -0.3 is 11.6 Å². The van der Waals surface area contributed by atoms with Crippen LogP contribution in [-0.4, -0.2) is 36.0 Å². The number of imide groups is 1. The molecule has 4 N–H and O–H groups in total. The van der Waals surface area contributed by atoms with Crippen molar-refractivity contribution in [1.82, 2.24) is 4.90 Å². The van der Waals surface area contributed by atoms with Crippen molar-refractivity contribution in [3.63, 3.8) is 0 Å². The lowest BCUT2D eigenvalue weighted by atomic mass is 10.0. The van der Waals surface area contributed by atoms with Crippen molar-refractivity contribution >= 4 is 18.0 Å². The number of hydrazone groups is 1. The minimum Gasteiger partial charge on any atom is -0.323 e. The van der Waals surface area contributed by atoms with Gasteiger partial charge in [0, 0.05) is 14.0 Å². The van der Waals surface area contributed by atoms with Crippen LogP contribution in [0.3, 0.4) is 0 Å². The van der Waals surface area contributed by atoms with Gasteiger partial charge >= 0.3 is 0 Å². The van der Waals surface area contributed by atoms with E-state index >= 15 is 0 Å². The number of carbonyl (C=O) groups excluding carboxylic acids is 2. The van der Waals surface area contributed by atoms with E-state index in [1.54, 1.807) is 0 Å². The zero-order valence-electron chi connectivity index (χ0n) is 11.0. The number of carbonyl (C=O) groups is 2. The van der Waals surface area contributed by atoms with Crippen molar-refractivity contribution in [1.29, 1.82) is 0 Å². The fourth-order valence-electron chi connectivity index (χ4n) is 1.63. The van der Waals surface area contributed by atoms with E-state index in [2.05, 4.69) is 5.10 Å². The van der Waals surface area contributed by atoms with E-state index < -0.39 is 11.9 Å². The predicted molar refractivity (Wildman–Crippen MR) is 73.4 cm³/mol. The molecule has 0 unspecified atom stereocenters. The molecule has 0 spiro atoms. The van der Waals surface area contributed by atoms with Gasteiger partial charge in [-0.2, -0.15) is 5.10 Å². The normalized spacial score (nSPS) is 12.4. The molecule has 1 rings (SSSR count). The number of likely N-dealkylation sites (N-methyl/N-ethyl adjacent to an activating group) is 1. The molecule has 1 aromatic rings. The molecule has 0 fully saturated rings. The van der Waals surface area contributed by atoms with Gasteiger partial charge in [0.1, 0.15) is 0 Å². The summed E-state index contributed by atoms with van der Waals surface area (Å²) < 4.78 is 0. The molecular weight excluding hydrogens is 244 g/mol. The summed E-state index contributed by atoms with van der Waals surface area (Å²) in [6.45, 7) is 1.32. The minimum atomic E-state index is -0.751. The number of hydrogen-bond donors (Lipinski definition) is 2. The van der Waals surface area contributed by atoms with E-state index in [1.807, 2.05) is 24.3 Å². The molecule has 0 bridgehead atoms. The summed E-state index contributed by atoms with van der Waals surface area (Å²) in [6, 6.07) is 6.62. The van der Waals surface area contributed by atoms with Gasteiger partial charge in [-0.25, -0.2) is 0 Å². The third-order valence-electron chi connectivity index (χ3n) is 2.75. The van der Waals surface area contributed by atoms with Crippen LogP contribution in [0.2, 0.25) is 0 Å². The Morgan fingerprint density at radius 3 is 2.74 bits per heavy atom. The van der Waals surface area contributed by atoms with Crippen LogP contribution in [0.5, 0.6) is 0 Å². The third kappa shape index (κ3) is 4.18. The highest BCUT2D eigenvalue weighted by molar-refractivity contribution is 5.96. The van der Waals surface area contributed by atoms with E-state index in [0.29, 0.717) is 6.42 Å². The average molecular weight is 262 g/mol. The molecule has 102 valence electrons. The van der Waals surface area contributed by atoms with E-state index in [9.17, 15) is 9.59 Å². The molecule has 6 nitrogen and oxygen atoms in total. The molecule has 0 aromatic heterocycles.